The first-order chi connectivity index (χ1) is 22.4. The van der Waals surface area contributed by atoms with E-state index in [0.29, 0.717) is 23.7 Å². The van der Waals surface area contributed by atoms with Gasteiger partial charge in [0.05, 0.1) is 23.8 Å². The van der Waals surface area contributed by atoms with Crippen LogP contribution in [0.2, 0.25) is 0 Å². The smallest absolute Gasteiger partial charge is 0.418 e. The van der Waals surface area contributed by atoms with Gasteiger partial charge in [0.25, 0.3) is 17.4 Å². The number of rotatable bonds is 15. The molecule has 0 aliphatic carbocycles. The molecular formula is C27H34FN8O10S2+. The van der Waals surface area contributed by atoms with Gasteiger partial charge in [-0.1, -0.05) is 5.16 Å². The number of β-lactam (4-membered cyclic amide) rings is 1. The highest BCUT2D eigenvalue weighted by Crippen LogP contribution is 2.33. The Balaban J connectivity index is 1.51. The molecule has 7 N–H and O–H groups in total. The van der Waals surface area contributed by atoms with Crippen molar-refractivity contribution in [2.24, 2.45) is 17.9 Å². The fourth-order valence-electron chi connectivity index (χ4n) is 4.51. The lowest BCUT2D eigenvalue weighted by Gasteiger charge is -2.50. The van der Waals surface area contributed by atoms with E-state index >= 15 is 4.39 Å². The van der Waals surface area contributed by atoms with Gasteiger partial charge in [-0.05, 0) is 45.9 Å². The van der Waals surface area contributed by atoms with Crippen LogP contribution >= 0.6 is 11.3 Å². The first-order valence-electron chi connectivity index (χ1n) is 14.1. The number of aromatic nitrogens is 3. The molecule has 2 amide bonds. The van der Waals surface area contributed by atoms with E-state index in [1.165, 1.54) is 31.4 Å². The van der Waals surface area contributed by atoms with Gasteiger partial charge in [-0.25, -0.2) is 14.2 Å². The minimum Gasteiger partial charge on any atom is -0.489 e. The van der Waals surface area contributed by atoms with Gasteiger partial charge in [0.2, 0.25) is 6.20 Å². The fourth-order valence-corrected chi connectivity index (χ4v) is 5.51. The molecule has 2 atom stereocenters. The molecule has 3 aromatic rings. The van der Waals surface area contributed by atoms with Gasteiger partial charge in [0, 0.05) is 17.0 Å². The summed E-state index contributed by atoms with van der Waals surface area (Å²) in [6, 6.07) is 2.64. The van der Waals surface area contributed by atoms with Gasteiger partial charge in [-0.3, -0.25) is 14.1 Å². The summed E-state index contributed by atoms with van der Waals surface area (Å²) < 4.78 is 59.9. The van der Waals surface area contributed by atoms with E-state index in [1.807, 2.05) is 11.7 Å². The standard InChI is InChI=1S/C27H33FN8O10S2/c1-26(2)21(23(38)36(26)46-48(41,42)43)32-22(37)20(19-13-47-25(30)31-19)33-45-27(3,24(39)40)14-44-16-6-7-17(18(28)10-16)15-11-34(4)35(12-15)9-5-8-29/h6-7,10-13,21H,5,8-9,14,29H2,1-4H3,(H4-,30,31,32,37,39,40,41,42,43)/p+1/b33-20-/t21-,27+/m1/s1. The largest absolute Gasteiger partial charge is 0.489 e. The second-order valence-corrected chi connectivity index (χ2v) is 13.3. The average molecular weight is 714 g/mol. The number of aliphatic carboxylic acids is 1. The Morgan fingerprint density at radius 3 is 2.60 bits per heavy atom. The number of hydrogen-bond donors (Lipinski definition) is 5. The summed E-state index contributed by atoms with van der Waals surface area (Å²) in [4.78, 5) is 47.4. The molecule has 48 heavy (non-hydrogen) atoms. The summed E-state index contributed by atoms with van der Waals surface area (Å²) in [5.74, 6) is -4.30. The third kappa shape index (κ3) is 7.87. The number of halogens is 1. The number of amides is 2. The normalized spacial score (nSPS) is 17.4. The predicted octanol–water partition coefficient (Wildman–Crippen LogP) is -0.0108. The molecule has 3 heterocycles. The van der Waals surface area contributed by atoms with Gasteiger partial charge in [0.15, 0.2) is 17.9 Å². The van der Waals surface area contributed by atoms with Gasteiger partial charge in [-0.15, -0.1) is 20.3 Å². The number of nitrogen functional groups attached to an aromatic ring is 1. The van der Waals surface area contributed by atoms with Crippen LogP contribution in [0.3, 0.4) is 0 Å². The lowest BCUT2D eigenvalue weighted by molar-refractivity contribution is -0.753. The van der Waals surface area contributed by atoms with Crippen molar-refractivity contribution < 1.29 is 55.4 Å². The number of carbonyl (C=O) groups excluding carboxylic acids is 2. The number of anilines is 1. The maximum atomic E-state index is 15.1. The molecule has 1 saturated heterocycles. The molecule has 2 aromatic heterocycles. The Labute approximate surface area is 277 Å². The number of nitrogens with zero attached hydrogens (tertiary/aromatic N) is 5. The zero-order valence-corrected chi connectivity index (χ0v) is 27.7. The Bertz CT molecular complexity index is 1860. The quantitative estimate of drug-likeness (QED) is 0.0457. The minimum absolute atomic E-state index is 0.0177. The number of hydrogen-bond acceptors (Lipinski definition) is 13. The van der Waals surface area contributed by atoms with Crippen LogP contribution in [0.4, 0.5) is 9.52 Å². The number of carbonyl (C=O) groups is 3. The van der Waals surface area contributed by atoms with Gasteiger partial charge < -0.3 is 31.5 Å². The molecule has 0 spiro atoms. The van der Waals surface area contributed by atoms with Crippen LogP contribution in [0, 0.1) is 5.82 Å². The van der Waals surface area contributed by atoms with E-state index in [9.17, 15) is 27.9 Å². The highest BCUT2D eigenvalue weighted by Gasteiger charge is 2.58. The van der Waals surface area contributed by atoms with Gasteiger partial charge >= 0.3 is 16.4 Å². The Morgan fingerprint density at radius 2 is 2.04 bits per heavy atom. The van der Waals surface area contributed by atoms with Crippen LogP contribution in [0.5, 0.6) is 5.75 Å². The topological polar surface area (TPSA) is 255 Å². The maximum Gasteiger partial charge on any atom is 0.418 e. The predicted molar refractivity (Wildman–Crippen MR) is 166 cm³/mol. The highest BCUT2D eigenvalue weighted by atomic mass is 32.3. The molecule has 0 bridgehead atoms. The van der Waals surface area contributed by atoms with Crippen molar-refractivity contribution in [2.45, 2.75) is 50.9 Å². The van der Waals surface area contributed by atoms with Crippen LogP contribution in [0.15, 0.2) is 41.1 Å². The zero-order valence-electron chi connectivity index (χ0n) is 26.1. The third-order valence-electron chi connectivity index (χ3n) is 7.27. The fraction of sp³-hybridized carbons (Fsp3) is 0.407. The van der Waals surface area contributed by atoms with Gasteiger partial charge in [0.1, 0.15) is 29.9 Å². The molecule has 21 heteroatoms. The monoisotopic (exact) mass is 713 g/mol. The Kier molecular flexibility index (Phi) is 10.4. The van der Waals surface area contributed by atoms with Crippen molar-refractivity contribution in [1.29, 1.82) is 0 Å². The van der Waals surface area contributed by atoms with Crippen LogP contribution in [0.1, 0.15) is 32.9 Å². The van der Waals surface area contributed by atoms with Crippen LogP contribution in [-0.2, 0) is 47.5 Å². The van der Waals surface area contributed by atoms with E-state index in [4.69, 9.17) is 25.6 Å². The number of aryl methyl sites for hydroxylation is 2. The number of benzene rings is 1. The number of nitrogens with two attached hydrogens (primary N) is 2. The third-order valence-corrected chi connectivity index (χ3v) is 8.28. The van der Waals surface area contributed by atoms with Crippen molar-refractivity contribution in [3.8, 4) is 16.9 Å². The molecule has 1 aliphatic heterocycles. The summed E-state index contributed by atoms with van der Waals surface area (Å²) in [5, 5.41) is 17.7. The van der Waals surface area contributed by atoms with Crippen molar-refractivity contribution in [2.75, 3.05) is 18.9 Å². The number of carboxylic acids is 1. The van der Waals surface area contributed by atoms with E-state index in [2.05, 4.69) is 19.7 Å². The summed E-state index contributed by atoms with van der Waals surface area (Å²) >= 11 is 0.926. The minimum atomic E-state index is -5.04. The molecule has 0 saturated carbocycles. The van der Waals surface area contributed by atoms with Crippen LogP contribution < -0.4 is 26.2 Å². The Hall–Kier alpha value is -4.70. The number of oxime groups is 1. The van der Waals surface area contributed by atoms with E-state index in [1.54, 1.807) is 17.1 Å². The summed E-state index contributed by atoms with van der Waals surface area (Å²) in [6.45, 7) is 4.23. The lowest BCUT2D eigenvalue weighted by Crippen LogP contribution is -2.76. The number of carboxylic acid groups (broad SMARTS) is 1. The lowest BCUT2D eigenvalue weighted by atomic mass is 9.84. The molecule has 0 radical (unpaired) electrons. The Morgan fingerprint density at radius 1 is 1.33 bits per heavy atom. The first kappa shape index (κ1) is 36.1. The van der Waals surface area contributed by atoms with Crippen molar-refractivity contribution in [3.05, 3.63) is 47.5 Å². The number of thiazole rings is 1. The van der Waals surface area contributed by atoms with Crippen molar-refractivity contribution in [3.63, 3.8) is 0 Å². The van der Waals surface area contributed by atoms with Crippen molar-refractivity contribution in [1.82, 2.24) is 20.0 Å². The molecule has 1 aromatic carbocycles. The molecule has 18 nitrogen and oxygen atoms in total. The first-order valence-corrected chi connectivity index (χ1v) is 16.3. The maximum absolute atomic E-state index is 15.1. The van der Waals surface area contributed by atoms with E-state index in [0.717, 1.165) is 30.7 Å². The van der Waals surface area contributed by atoms with Crippen LogP contribution in [0.25, 0.3) is 11.1 Å². The molecule has 0 unspecified atom stereocenters. The summed E-state index contributed by atoms with van der Waals surface area (Å²) in [5.41, 5.74) is 7.74. The van der Waals surface area contributed by atoms with E-state index in [-0.39, 0.29) is 22.1 Å². The highest BCUT2D eigenvalue weighted by molar-refractivity contribution is 7.80. The SMILES string of the molecule is C[n+]1cc(-c2ccc(OC[C@](C)(O/N=C(\C(=O)N[C@@H]3C(=O)N(OS(=O)(=O)O)C3(C)C)c3csc(N)n3)C(=O)O)cc2F)cn1CCCN. The molecule has 1 aliphatic rings. The van der Waals surface area contributed by atoms with E-state index < -0.39 is 63.5 Å². The van der Waals surface area contributed by atoms with Crippen LogP contribution in [-0.4, -0.2) is 86.6 Å². The molecular weight excluding hydrogens is 679 g/mol. The molecule has 260 valence electrons. The van der Waals surface area contributed by atoms with Crippen molar-refractivity contribution >= 4 is 50.4 Å². The number of nitrogens with one attached hydrogen (secondary N) is 1. The average Bonchev–Trinajstić information content (AvgIpc) is 3.60. The summed E-state index contributed by atoms with van der Waals surface area (Å²) in [6.07, 6.45) is 4.26. The molecule has 1 fully saturated rings. The molecule has 4 rings (SSSR count). The second kappa shape index (κ2) is 13.8. The number of hydroxylamine groups is 2. The second-order valence-electron chi connectivity index (χ2n) is 11.4. The summed E-state index contributed by atoms with van der Waals surface area (Å²) in [7, 11) is -3.23. The zero-order chi connectivity index (χ0) is 35.6. The number of ether oxygens (including phenoxy) is 1. The van der Waals surface area contributed by atoms with Gasteiger partial charge in [-0.2, -0.15) is 18.2 Å².